The van der Waals surface area contributed by atoms with Crippen LogP contribution in [-0.4, -0.2) is 27.2 Å². The van der Waals surface area contributed by atoms with Gasteiger partial charge in [-0.1, -0.05) is 18.2 Å². The second-order valence-corrected chi connectivity index (χ2v) is 7.20. The molecule has 1 saturated carbocycles. The first-order valence-electron chi connectivity index (χ1n) is 8.88. The Bertz CT molecular complexity index is 1030. The van der Waals surface area contributed by atoms with Crippen LogP contribution in [0.4, 0.5) is 14.5 Å². The summed E-state index contributed by atoms with van der Waals surface area (Å²) in [7, 11) is 0. The first kappa shape index (κ1) is 17.5. The maximum Gasteiger partial charge on any atom is 0.252 e. The van der Waals surface area contributed by atoms with Crippen LogP contribution in [0.2, 0.25) is 0 Å². The van der Waals surface area contributed by atoms with Crippen LogP contribution in [0.15, 0.2) is 42.7 Å². The molecule has 1 aliphatic carbocycles. The van der Waals surface area contributed by atoms with Crippen molar-refractivity contribution in [3.8, 4) is 11.1 Å². The highest BCUT2D eigenvalue weighted by Gasteiger charge is 2.39. The third-order valence-electron chi connectivity index (χ3n) is 5.29. The average molecular weight is 370 g/mol. The number of nitrogens with one attached hydrogen (secondary N) is 1. The van der Waals surface area contributed by atoms with E-state index in [9.17, 15) is 13.6 Å². The largest absolute Gasteiger partial charge is 0.377 e. The molecule has 1 aliphatic rings. The van der Waals surface area contributed by atoms with Crippen LogP contribution < -0.4 is 11.1 Å². The van der Waals surface area contributed by atoms with Gasteiger partial charge in [0.15, 0.2) is 0 Å². The van der Waals surface area contributed by atoms with Gasteiger partial charge in [0.2, 0.25) is 0 Å². The molecule has 3 N–H and O–H groups in total. The van der Waals surface area contributed by atoms with Crippen molar-refractivity contribution < 1.29 is 13.6 Å². The number of halogens is 2. The number of fused-ring (bicyclic) bond motifs is 1. The lowest BCUT2D eigenvalue weighted by Gasteiger charge is -2.26. The molecule has 0 saturated heterocycles. The molecule has 1 fully saturated rings. The summed E-state index contributed by atoms with van der Waals surface area (Å²) in [6, 6.07) is 7.70. The van der Waals surface area contributed by atoms with E-state index in [0.717, 1.165) is 6.42 Å². The molecule has 2 heterocycles. The molecule has 140 valence electrons. The van der Waals surface area contributed by atoms with Crippen molar-refractivity contribution in [3.63, 3.8) is 0 Å². The number of benzene rings is 1. The number of primary amides is 1. The fraction of sp³-hybridized carbons (Fsp3) is 0.300. The molecule has 1 amide bonds. The van der Waals surface area contributed by atoms with Crippen molar-refractivity contribution >= 4 is 17.1 Å². The van der Waals surface area contributed by atoms with Crippen LogP contribution in [0.5, 0.6) is 0 Å². The quantitative estimate of drug-likeness (QED) is 0.731. The average Bonchev–Trinajstić information content (AvgIpc) is 3.18. The van der Waals surface area contributed by atoms with Crippen molar-refractivity contribution in [3.05, 3.63) is 54.1 Å². The van der Waals surface area contributed by atoms with Gasteiger partial charge in [0, 0.05) is 17.3 Å². The summed E-state index contributed by atoms with van der Waals surface area (Å²) < 4.78 is 30.5. The summed E-state index contributed by atoms with van der Waals surface area (Å²) in [6.07, 6.45) is 4.90. The molecule has 0 spiro atoms. The minimum Gasteiger partial charge on any atom is -0.377 e. The number of aromatic nitrogens is 2. The van der Waals surface area contributed by atoms with Crippen LogP contribution in [0.3, 0.4) is 0 Å². The lowest BCUT2D eigenvalue weighted by Crippen LogP contribution is -2.36. The van der Waals surface area contributed by atoms with Gasteiger partial charge < -0.3 is 11.1 Å². The highest BCUT2D eigenvalue weighted by atomic mass is 19.1. The van der Waals surface area contributed by atoms with E-state index in [1.807, 2.05) is 0 Å². The summed E-state index contributed by atoms with van der Waals surface area (Å²) >= 11 is 0. The topological polar surface area (TPSA) is 72.4 Å². The number of nitrogens with zero attached hydrogens (tertiary/aromatic N) is 2. The molecule has 0 aliphatic heterocycles. The number of anilines is 1. The minimum atomic E-state index is -1.38. The lowest BCUT2D eigenvalue weighted by molar-refractivity contribution is 0.1000. The summed E-state index contributed by atoms with van der Waals surface area (Å²) in [6.45, 7) is 1.56. The van der Waals surface area contributed by atoms with E-state index in [2.05, 4.69) is 10.4 Å². The van der Waals surface area contributed by atoms with Gasteiger partial charge in [0.1, 0.15) is 11.5 Å². The molecule has 2 atom stereocenters. The Kier molecular flexibility index (Phi) is 4.09. The molecule has 0 bridgehead atoms. The van der Waals surface area contributed by atoms with E-state index in [0.29, 0.717) is 35.2 Å². The summed E-state index contributed by atoms with van der Waals surface area (Å²) in [5.41, 5.74) is 6.32. The SMILES string of the molecule is CC1(F)CCCC1Nc1c(C(N)=O)cnn2cc(-c3ccccc3F)cc12. The van der Waals surface area contributed by atoms with Crippen molar-refractivity contribution in [1.29, 1.82) is 0 Å². The smallest absolute Gasteiger partial charge is 0.252 e. The molecule has 1 aromatic carbocycles. The van der Waals surface area contributed by atoms with Crippen LogP contribution in [0, 0.1) is 5.82 Å². The number of carbonyl (C=O) groups is 1. The van der Waals surface area contributed by atoms with Crippen LogP contribution in [0.1, 0.15) is 36.5 Å². The second-order valence-electron chi connectivity index (χ2n) is 7.20. The van der Waals surface area contributed by atoms with Crippen molar-refractivity contribution in [2.75, 3.05) is 5.32 Å². The maximum atomic E-state index is 14.8. The summed E-state index contributed by atoms with van der Waals surface area (Å²) in [5.74, 6) is -1.01. The molecule has 2 aromatic heterocycles. The Labute approximate surface area is 155 Å². The monoisotopic (exact) mass is 370 g/mol. The van der Waals surface area contributed by atoms with Gasteiger partial charge in [-0.2, -0.15) is 5.10 Å². The van der Waals surface area contributed by atoms with Gasteiger partial charge in [0.05, 0.1) is 29.0 Å². The molecular weight excluding hydrogens is 350 g/mol. The Morgan fingerprint density at radius 3 is 2.85 bits per heavy atom. The number of rotatable bonds is 4. The normalized spacial score (nSPS) is 22.3. The second kappa shape index (κ2) is 6.33. The molecule has 2 unspecified atom stereocenters. The Balaban J connectivity index is 1.86. The Morgan fingerprint density at radius 1 is 1.41 bits per heavy atom. The third kappa shape index (κ3) is 3.03. The molecule has 27 heavy (non-hydrogen) atoms. The lowest BCUT2D eigenvalue weighted by atomic mass is 10.0. The fourth-order valence-electron chi connectivity index (χ4n) is 3.76. The van der Waals surface area contributed by atoms with Gasteiger partial charge in [-0.05, 0) is 38.3 Å². The number of nitrogens with two attached hydrogens (primary N) is 1. The minimum absolute atomic E-state index is 0.184. The van der Waals surface area contributed by atoms with E-state index in [1.165, 1.54) is 12.3 Å². The predicted molar refractivity (Wildman–Crippen MR) is 99.9 cm³/mol. The van der Waals surface area contributed by atoms with Crippen molar-refractivity contribution in [1.82, 2.24) is 9.61 Å². The van der Waals surface area contributed by atoms with Crippen LogP contribution >= 0.6 is 0 Å². The number of hydrogen-bond donors (Lipinski definition) is 2. The molecule has 4 rings (SSSR count). The third-order valence-corrected chi connectivity index (χ3v) is 5.29. The summed E-state index contributed by atoms with van der Waals surface area (Å²) in [4.78, 5) is 11.9. The van der Waals surface area contributed by atoms with Gasteiger partial charge in [-0.15, -0.1) is 0 Å². The summed E-state index contributed by atoms with van der Waals surface area (Å²) in [5, 5.41) is 7.38. The zero-order chi connectivity index (χ0) is 19.2. The van der Waals surface area contributed by atoms with Gasteiger partial charge in [-0.25, -0.2) is 13.3 Å². The van der Waals surface area contributed by atoms with E-state index in [-0.39, 0.29) is 11.4 Å². The molecule has 3 aromatic rings. The highest BCUT2D eigenvalue weighted by molar-refractivity contribution is 6.02. The molecule has 0 radical (unpaired) electrons. The fourth-order valence-corrected chi connectivity index (χ4v) is 3.76. The zero-order valence-electron chi connectivity index (χ0n) is 14.9. The van der Waals surface area contributed by atoms with Crippen LogP contribution in [0.25, 0.3) is 16.6 Å². The number of hydrogen-bond acceptors (Lipinski definition) is 3. The van der Waals surface area contributed by atoms with Gasteiger partial charge >= 0.3 is 0 Å². The van der Waals surface area contributed by atoms with Crippen molar-refractivity contribution in [2.45, 2.75) is 37.9 Å². The first-order chi connectivity index (χ1) is 12.9. The van der Waals surface area contributed by atoms with Gasteiger partial charge in [-0.3, -0.25) is 4.79 Å². The standard InChI is InChI=1S/C20H20F2N4O/c1-20(22)8-4-7-17(20)25-18-14(19(23)27)10-24-26-11-12(9-16(18)26)13-5-2-3-6-15(13)21/h2-3,5-6,9-11,17,25H,4,7-8H2,1H3,(H2,23,27). The Morgan fingerprint density at radius 2 is 2.19 bits per heavy atom. The van der Waals surface area contributed by atoms with E-state index >= 15 is 0 Å². The first-order valence-corrected chi connectivity index (χ1v) is 8.88. The number of amides is 1. The zero-order valence-corrected chi connectivity index (χ0v) is 14.9. The van der Waals surface area contributed by atoms with E-state index in [1.54, 1.807) is 41.9 Å². The Hall–Kier alpha value is -2.96. The molecule has 5 nitrogen and oxygen atoms in total. The van der Waals surface area contributed by atoms with E-state index in [4.69, 9.17) is 5.73 Å². The van der Waals surface area contributed by atoms with E-state index < -0.39 is 17.6 Å². The number of alkyl halides is 1. The molecular formula is C20H20F2N4O. The van der Waals surface area contributed by atoms with Crippen molar-refractivity contribution in [2.24, 2.45) is 5.73 Å². The van der Waals surface area contributed by atoms with Crippen LogP contribution in [-0.2, 0) is 0 Å². The predicted octanol–water partition coefficient (Wildman–Crippen LogP) is 3.93. The maximum absolute atomic E-state index is 14.8. The molecule has 7 heteroatoms. The van der Waals surface area contributed by atoms with Gasteiger partial charge in [0.25, 0.3) is 5.91 Å². The highest BCUT2D eigenvalue weighted by Crippen LogP contribution is 2.37. The number of carbonyl (C=O) groups excluding carboxylic acids is 1.